The Labute approximate surface area is 104 Å². The first-order valence-electron chi connectivity index (χ1n) is 4.81. The van der Waals surface area contributed by atoms with Crippen LogP contribution in [-0.2, 0) is 4.79 Å². The van der Waals surface area contributed by atoms with Crippen LogP contribution in [0.15, 0.2) is 6.07 Å². The number of halogens is 2. The van der Waals surface area contributed by atoms with Crippen molar-refractivity contribution in [2.75, 3.05) is 18.9 Å². The van der Waals surface area contributed by atoms with Gasteiger partial charge in [0.1, 0.15) is 5.15 Å². The molecule has 0 saturated carbocycles. The number of carbonyl (C=O) groups is 1. The van der Waals surface area contributed by atoms with Crippen LogP contribution in [0, 0.1) is 6.92 Å². The van der Waals surface area contributed by atoms with E-state index < -0.39 is 0 Å². The zero-order valence-electron chi connectivity index (χ0n) is 9.10. The van der Waals surface area contributed by atoms with Crippen LogP contribution < -0.4 is 10.6 Å². The predicted molar refractivity (Wildman–Crippen MR) is 66.2 cm³/mol. The lowest BCUT2D eigenvalue weighted by Gasteiger charge is -2.09. The number of rotatable bonds is 4. The van der Waals surface area contributed by atoms with Crippen LogP contribution >= 0.6 is 23.2 Å². The normalized spacial score (nSPS) is 10.2. The molecule has 0 aliphatic rings. The molecule has 0 aliphatic heterocycles. The quantitative estimate of drug-likeness (QED) is 0.818. The molecule has 1 aromatic rings. The highest BCUT2D eigenvalue weighted by Crippen LogP contribution is 2.26. The lowest BCUT2D eigenvalue weighted by Crippen LogP contribution is -2.19. The van der Waals surface area contributed by atoms with Crippen molar-refractivity contribution in [2.45, 2.75) is 13.3 Å². The molecule has 1 amide bonds. The Hall–Kier alpha value is -0.840. The second-order valence-electron chi connectivity index (χ2n) is 3.33. The molecule has 0 spiro atoms. The SMILES string of the molecule is CNCCC(=O)Nc1c(C)cc(Cl)nc1Cl. The van der Waals surface area contributed by atoms with Gasteiger partial charge in [0.15, 0.2) is 5.15 Å². The fraction of sp³-hybridized carbons (Fsp3) is 0.400. The van der Waals surface area contributed by atoms with Gasteiger partial charge in [-0.3, -0.25) is 4.79 Å². The van der Waals surface area contributed by atoms with E-state index in [1.54, 1.807) is 13.1 Å². The van der Waals surface area contributed by atoms with Crippen molar-refractivity contribution in [1.29, 1.82) is 0 Å². The molecule has 0 radical (unpaired) electrons. The van der Waals surface area contributed by atoms with Crippen LogP contribution in [0.2, 0.25) is 10.3 Å². The van der Waals surface area contributed by atoms with Gasteiger partial charge in [0.05, 0.1) is 5.69 Å². The Balaban J connectivity index is 2.77. The standard InChI is InChI=1S/C10H13Cl2N3O/c1-6-5-7(11)14-10(12)9(6)15-8(16)3-4-13-2/h5,13H,3-4H2,1-2H3,(H,15,16). The summed E-state index contributed by atoms with van der Waals surface area (Å²) >= 11 is 11.6. The number of aromatic nitrogens is 1. The van der Waals surface area contributed by atoms with Gasteiger partial charge in [-0.1, -0.05) is 23.2 Å². The minimum atomic E-state index is -0.108. The molecule has 0 aliphatic carbocycles. The molecule has 0 saturated heterocycles. The molecule has 0 atom stereocenters. The van der Waals surface area contributed by atoms with E-state index in [1.807, 2.05) is 6.92 Å². The van der Waals surface area contributed by atoms with Crippen LogP contribution in [0.5, 0.6) is 0 Å². The van der Waals surface area contributed by atoms with Crippen LogP contribution in [0.1, 0.15) is 12.0 Å². The van der Waals surface area contributed by atoms with Crippen molar-refractivity contribution in [2.24, 2.45) is 0 Å². The van der Waals surface area contributed by atoms with Gasteiger partial charge in [0, 0.05) is 13.0 Å². The number of anilines is 1. The molecule has 88 valence electrons. The maximum atomic E-state index is 11.5. The molecular weight excluding hydrogens is 249 g/mol. The maximum absolute atomic E-state index is 11.5. The van der Waals surface area contributed by atoms with Crippen LogP contribution in [-0.4, -0.2) is 24.5 Å². The van der Waals surface area contributed by atoms with Crippen LogP contribution in [0.3, 0.4) is 0 Å². The van der Waals surface area contributed by atoms with Crippen LogP contribution in [0.25, 0.3) is 0 Å². The lowest BCUT2D eigenvalue weighted by molar-refractivity contribution is -0.116. The lowest BCUT2D eigenvalue weighted by atomic mass is 10.2. The van der Waals surface area contributed by atoms with Crippen molar-refractivity contribution < 1.29 is 4.79 Å². The number of nitrogens with zero attached hydrogens (tertiary/aromatic N) is 1. The van der Waals surface area contributed by atoms with Gasteiger partial charge in [-0.2, -0.15) is 0 Å². The van der Waals surface area contributed by atoms with Gasteiger partial charge in [-0.15, -0.1) is 0 Å². The van der Waals surface area contributed by atoms with E-state index >= 15 is 0 Å². The largest absolute Gasteiger partial charge is 0.323 e. The first-order valence-corrected chi connectivity index (χ1v) is 5.57. The van der Waals surface area contributed by atoms with E-state index in [-0.39, 0.29) is 11.1 Å². The summed E-state index contributed by atoms with van der Waals surface area (Å²) in [6.07, 6.45) is 0.384. The summed E-state index contributed by atoms with van der Waals surface area (Å²) in [7, 11) is 1.79. The van der Waals surface area contributed by atoms with Crippen molar-refractivity contribution in [3.05, 3.63) is 21.9 Å². The third kappa shape index (κ3) is 3.63. The molecule has 16 heavy (non-hydrogen) atoms. The van der Waals surface area contributed by atoms with Gasteiger partial charge in [0.2, 0.25) is 5.91 Å². The minimum absolute atomic E-state index is 0.108. The fourth-order valence-electron chi connectivity index (χ4n) is 1.19. The number of pyridine rings is 1. The topological polar surface area (TPSA) is 54.0 Å². The molecule has 1 rings (SSSR count). The maximum Gasteiger partial charge on any atom is 0.225 e. The Kier molecular flexibility index (Phi) is 4.99. The van der Waals surface area contributed by atoms with Gasteiger partial charge < -0.3 is 10.6 Å². The molecule has 0 bridgehead atoms. The van der Waals surface area contributed by atoms with Crippen molar-refractivity contribution in [1.82, 2.24) is 10.3 Å². The fourth-order valence-corrected chi connectivity index (χ4v) is 1.76. The van der Waals surface area contributed by atoms with Gasteiger partial charge in [-0.25, -0.2) is 4.98 Å². The number of nitrogens with one attached hydrogen (secondary N) is 2. The highest BCUT2D eigenvalue weighted by molar-refractivity contribution is 6.34. The third-order valence-electron chi connectivity index (χ3n) is 2.01. The van der Waals surface area contributed by atoms with E-state index in [1.165, 1.54) is 0 Å². The Morgan fingerprint density at radius 1 is 1.50 bits per heavy atom. The van der Waals surface area contributed by atoms with Crippen LogP contribution in [0.4, 0.5) is 5.69 Å². The summed E-state index contributed by atoms with van der Waals surface area (Å²) in [4.78, 5) is 15.4. The van der Waals surface area contributed by atoms with E-state index in [0.29, 0.717) is 23.8 Å². The number of carbonyl (C=O) groups excluding carboxylic acids is 1. The summed E-state index contributed by atoms with van der Waals surface area (Å²) in [6.45, 7) is 2.43. The molecule has 1 heterocycles. The first-order chi connectivity index (χ1) is 7.54. The second-order valence-corrected chi connectivity index (χ2v) is 4.07. The molecule has 6 heteroatoms. The molecule has 0 fully saturated rings. The third-order valence-corrected chi connectivity index (χ3v) is 2.47. The number of hydrogen-bond donors (Lipinski definition) is 2. The summed E-state index contributed by atoms with van der Waals surface area (Å²) in [5, 5.41) is 6.13. The van der Waals surface area contributed by atoms with Crippen molar-refractivity contribution in [3.8, 4) is 0 Å². The van der Waals surface area contributed by atoms with E-state index in [9.17, 15) is 4.79 Å². The molecular formula is C10H13Cl2N3O. The summed E-state index contributed by atoms with van der Waals surface area (Å²) in [6, 6.07) is 1.65. The zero-order chi connectivity index (χ0) is 12.1. The van der Waals surface area contributed by atoms with Crippen molar-refractivity contribution >= 4 is 34.8 Å². The monoisotopic (exact) mass is 261 g/mol. The molecule has 0 unspecified atom stereocenters. The predicted octanol–water partition coefficient (Wildman–Crippen LogP) is 2.24. The molecule has 2 N–H and O–H groups in total. The zero-order valence-corrected chi connectivity index (χ0v) is 10.6. The van der Waals surface area contributed by atoms with E-state index in [2.05, 4.69) is 15.6 Å². The number of hydrogen-bond acceptors (Lipinski definition) is 3. The Morgan fingerprint density at radius 3 is 2.75 bits per heavy atom. The second kappa shape index (κ2) is 6.03. The smallest absolute Gasteiger partial charge is 0.225 e. The number of amides is 1. The van der Waals surface area contributed by atoms with Crippen molar-refractivity contribution in [3.63, 3.8) is 0 Å². The highest BCUT2D eigenvalue weighted by Gasteiger charge is 2.10. The van der Waals surface area contributed by atoms with Gasteiger partial charge in [0.25, 0.3) is 0 Å². The minimum Gasteiger partial charge on any atom is -0.323 e. The van der Waals surface area contributed by atoms with E-state index in [4.69, 9.17) is 23.2 Å². The Bertz CT molecular complexity index is 373. The number of aryl methyl sites for hydroxylation is 1. The molecule has 0 aromatic carbocycles. The summed E-state index contributed by atoms with van der Waals surface area (Å²) in [5.41, 5.74) is 1.31. The average molecular weight is 262 g/mol. The van der Waals surface area contributed by atoms with Gasteiger partial charge >= 0.3 is 0 Å². The Morgan fingerprint density at radius 2 is 2.19 bits per heavy atom. The summed E-state index contributed by atoms with van der Waals surface area (Å²) in [5.74, 6) is -0.108. The van der Waals surface area contributed by atoms with E-state index in [0.717, 1.165) is 5.56 Å². The summed E-state index contributed by atoms with van der Waals surface area (Å²) < 4.78 is 0. The molecule has 1 aromatic heterocycles. The first kappa shape index (κ1) is 13.2. The highest BCUT2D eigenvalue weighted by atomic mass is 35.5. The van der Waals surface area contributed by atoms with Gasteiger partial charge in [-0.05, 0) is 25.6 Å². The average Bonchev–Trinajstić information content (AvgIpc) is 2.20. The molecule has 4 nitrogen and oxygen atoms in total.